The molecule has 3 unspecified atom stereocenters. The van der Waals surface area contributed by atoms with E-state index in [2.05, 4.69) is 0 Å². The molecule has 0 spiro atoms. The summed E-state index contributed by atoms with van der Waals surface area (Å²) in [4.78, 5) is 0.210. The second kappa shape index (κ2) is 5.43. The summed E-state index contributed by atoms with van der Waals surface area (Å²) in [6.07, 6.45) is 2.01. The number of sulfonamides is 1. The van der Waals surface area contributed by atoms with Gasteiger partial charge in [-0.15, -0.1) is 0 Å². The van der Waals surface area contributed by atoms with Gasteiger partial charge in [0.1, 0.15) is 5.75 Å². The zero-order valence-corrected chi connectivity index (χ0v) is 13.4. The molecule has 116 valence electrons. The largest absolute Gasteiger partial charge is 0.495 e. The first-order chi connectivity index (χ1) is 9.93. The number of methoxy groups -OCH3 is 1. The van der Waals surface area contributed by atoms with Crippen molar-refractivity contribution in [2.45, 2.75) is 23.8 Å². The predicted molar refractivity (Wildman–Crippen MR) is 81.0 cm³/mol. The van der Waals surface area contributed by atoms with E-state index in [1.54, 1.807) is 10.4 Å². The van der Waals surface area contributed by atoms with Crippen molar-refractivity contribution in [3.63, 3.8) is 0 Å². The molecular weight excluding hydrogens is 312 g/mol. The summed E-state index contributed by atoms with van der Waals surface area (Å²) in [5.74, 6) is 1.15. The molecule has 1 aliphatic heterocycles. The van der Waals surface area contributed by atoms with E-state index >= 15 is 0 Å². The van der Waals surface area contributed by atoms with Gasteiger partial charge >= 0.3 is 0 Å². The van der Waals surface area contributed by atoms with Crippen LogP contribution in [0.3, 0.4) is 0 Å². The van der Waals surface area contributed by atoms with Crippen LogP contribution in [0.15, 0.2) is 23.1 Å². The number of fused-ring (bicyclic) bond motifs is 1. The summed E-state index contributed by atoms with van der Waals surface area (Å²) < 4.78 is 32.0. The minimum atomic E-state index is -3.51. The lowest BCUT2D eigenvalue weighted by atomic mass is 9.98. The average molecular weight is 331 g/mol. The molecular formula is C14H19ClN2O3S. The lowest BCUT2D eigenvalue weighted by Crippen LogP contribution is -2.33. The van der Waals surface area contributed by atoms with E-state index < -0.39 is 10.0 Å². The van der Waals surface area contributed by atoms with Crippen LogP contribution in [0.1, 0.15) is 12.8 Å². The number of halogens is 1. The standard InChI is InChI=1S/C14H19ClN2O3S/c1-20-14-5-3-10(6-12(14)15)21(18,19)17-7-9-2-4-13(16)11(9)8-17/h3,5-6,9,11,13H,2,4,7-8,16H2,1H3. The third kappa shape index (κ3) is 2.54. The minimum absolute atomic E-state index is 0.120. The Morgan fingerprint density at radius 1 is 1.33 bits per heavy atom. The van der Waals surface area contributed by atoms with Crippen LogP contribution < -0.4 is 10.5 Å². The number of hydrogen-bond donors (Lipinski definition) is 1. The highest BCUT2D eigenvalue weighted by molar-refractivity contribution is 7.89. The molecule has 0 amide bonds. The van der Waals surface area contributed by atoms with E-state index in [4.69, 9.17) is 22.1 Å². The smallest absolute Gasteiger partial charge is 0.243 e. The van der Waals surface area contributed by atoms with Gasteiger partial charge in [0.25, 0.3) is 0 Å². The van der Waals surface area contributed by atoms with Crippen molar-refractivity contribution < 1.29 is 13.2 Å². The molecule has 21 heavy (non-hydrogen) atoms. The Morgan fingerprint density at radius 2 is 2.10 bits per heavy atom. The maximum atomic E-state index is 12.7. The molecule has 0 radical (unpaired) electrons. The minimum Gasteiger partial charge on any atom is -0.495 e. The Kier molecular flexibility index (Phi) is 3.90. The third-order valence-corrected chi connectivity index (χ3v) is 6.76. The van der Waals surface area contributed by atoms with Gasteiger partial charge in [0.2, 0.25) is 10.0 Å². The van der Waals surface area contributed by atoms with Crippen LogP contribution in [0.4, 0.5) is 0 Å². The molecule has 0 bridgehead atoms. The topological polar surface area (TPSA) is 72.6 Å². The van der Waals surface area contributed by atoms with Gasteiger partial charge in [-0.3, -0.25) is 0 Å². The van der Waals surface area contributed by atoms with E-state index in [0.29, 0.717) is 29.8 Å². The highest BCUT2D eigenvalue weighted by Crippen LogP contribution is 2.39. The van der Waals surface area contributed by atoms with Crippen molar-refractivity contribution in [1.82, 2.24) is 4.31 Å². The van der Waals surface area contributed by atoms with Crippen LogP contribution in [0.25, 0.3) is 0 Å². The highest BCUT2D eigenvalue weighted by Gasteiger charge is 2.45. The number of rotatable bonds is 3. The molecule has 3 atom stereocenters. The Bertz CT molecular complexity index is 650. The number of benzene rings is 1. The molecule has 2 aliphatic rings. The van der Waals surface area contributed by atoms with Gasteiger partial charge in [-0.1, -0.05) is 11.6 Å². The van der Waals surface area contributed by atoms with E-state index in [1.807, 2.05) is 0 Å². The molecule has 1 aliphatic carbocycles. The SMILES string of the molecule is COc1ccc(S(=O)(=O)N2CC3CCC(N)C3C2)cc1Cl. The fraction of sp³-hybridized carbons (Fsp3) is 0.571. The monoisotopic (exact) mass is 330 g/mol. The number of ether oxygens (including phenoxy) is 1. The van der Waals surface area contributed by atoms with Crippen LogP contribution in [0.5, 0.6) is 5.75 Å². The molecule has 0 aromatic heterocycles. The molecule has 2 N–H and O–H groups in total. The first-order valence-corrected chi connectivity index (χ1v) is 8.84. The quantitative estimate of drug-likeness (QED) is 0.915. The second-order valence-electron chi connectivity index (χ2n) is 5.78. The van der Waals surface area contributed by atoms with Gasteiger partial charge in [0.05, 0.1) is 17.0 Å². The van der Waals surface area contributed by atoms with E-state index in [1.165, 1.54) is 19.2 Å². The van der Waals surface area contributed by atoms with Gasteiger partial charge in [-0.25, -0.2) is 8.42 Å². The van der Waals surface area contributed by atoms with Crippen molar-refractivity contribution in [2.24, 2.45) is 17.6 Å². The molecule has 3 rings (SSSR count). The Balaban J connectivity index is 1.86. The number of hydrogen-bond acceptors (Lipinski definition) is 4. The molecule has 7 heteroatoms. The van der Waals surface area contributed by atoms with Crippen molar-refractivity contribution >= 4 is 21.6 Å². The van der Waals surface area contributed by atoms with Gasteiger partial charge < -0.3 is 10.5 Å². The Morgan fingerprint density at radius 3 is 2.71 bits per heavy atom. The van der Waals surface area contributed by atoms with Crippen LogP contribution in [0.2, 0.25) is 5.02 Å². The first-order valence-electron chi connectivity index (χ1n) is 7.02. The lowest BCUT2D eigenvalue weighted by molar-refractivity contribution is 0.414. The van der Waals surface area contributed by atoms with Crippen LogP contribution in [-0.2, 0) is 10.0 Å². The van der Waals surface area contributed by atoms with E-state index in [9.17, 15) is 8.42 Å². The van der Waals surface area contributed by atoms with Gasteiger partial charge in [0.15, 0.2) is 0 Å². The van der Waals surface area contributed by atoms with Crippen molar-refractivity contribution in [2.75, 3.05) is 20.2 Å². The maximum Gasteiger partial charge on any atom is 0.243 e. The normalized spacial score (nSPS) is 29.6. The summed E-state index contributed by atoms with van der Waals surface area (Å²) in [5, 5.41) is 0.301. The summed E-state index contributed by atoms with van der Waals surface area (Å²) >= 11 is 6.03. The maximum absolute atomic E-state index is 12.7. The van der Waals surface area contributed by atoms with Gasteiger partial charge in [0, 0.05) is 19.1 Å². The zero-order chi connectivity index (χ0) is 15.2. The molecule has 2 fully saturated rings. The summed E-state index contributed by atoms with van der Waals surface area (Å²) in [7, 11) is -2.02. The lowest BCUT2D eigenvalue weighted by Gasteiger charge is -2.19. The summed E-state index contributed by atoms with van der Waals surface area (Å²) in [6, 6.07) is 4.69. The number of nitrogens with zero attached hydrogens (tertiary/aromatic N) is 1. The van der Waals surface area contributed by atoms with Crippen molar-refractivity contribution in [1.29, 1.82) is 0 Å². The zero-order valence-electron chi connectivity index (χ0n) is 11.8. The molecule has 1 heterocycles. The molecule has 1 saturated heterocycles. The fourth-order valence-corrected chi connectivity index (χ4v) is 5.30. The molecule has 1 aromatic rings. The molecule has 5 nitrogen and oxygen atoms in total. The third-order valence-electron chi connectivity index (χ3n) is 4.64. The number of nitrogens with two attached hydrogens (primary N) is 1. The first kappa shape index (κ1) is 15.1. The van der Waals surface area contributed by atoms with Crippen molar-refractivity contribution in [3.05, 3.63) is 23.2 Å². The molecule has 1 aromatic carbocycles. The predicted octanol–water partition coefficient (Wildman–Crippen LogP) is 1.71. The average Bonchev–Trinajstić information content (AvgIpc) is 3.02. The van der Waals surface area contributed by atoms with Gasteiger partial charge in [-0.2, -0.15) is 4.31 Å². The van der Waals surface area contributed by atoms with Crippen LogP contribution >= 0.6 is 11.6 Å². The van der Waals surface area contributed by atoms with Crippen molar-refractivity contribution in [3.8, 4) is 5.75 Å². The van der Waals surface area contributed by atoms with Crippen LogP contribution in [0, 0.1) is 11.8 Å². The Labute approximate surface area is 130 Å². The molecule has 1 saturated carbocycles. The Hall–Kier alpha value is -0.820. The van der Waals surface area contributed by atoms with Crippen LogP contribution in [-0.4, -0.2) is 39.0 Å². The summed E-state index contributed by atoms with van der Waals surface area (Å²) in [6.45, 7) is 1.07. The highest BCUT2D eigenvalue weighted by atomic mass is 35.5. The van der Waals surface area contributed by atoms with E-state index in [0.717, 1.165) is 12.8 Å². The van der Waals surface area contributed by atoms with E-state index in [-0.39, 0.29) is 16.9 Å². The fourth-order valence-electron chi connectivity index (χ4n) is 3.42. The van der Waals surface area contributed by atoms with Gasteiger partial charge in [-0.05, 0) is 42.9 Å². The second-order valence-corrected chi connectivity index (χ2v) is 8.13. The summed E-state index contributed by atoms with van der Waals surface area (Å²) in [5.41, 5.74) is 6.07.